The molecular formula is C38H41ClN6O6. The Balaban J connectivity index is 1.08. The van der Waals surface area contributed by atoms with Crippen molar-refractivity contribution in [2.24, 2.45) is 5.92 Å². The first-order valence-electron chi connectivity index (χ1n) is 17.2. The number of fused-ring (bicyclic) bond motifs is 1. The van der Waals surface area contributed by atoms with Crippen LogP contribution in [0.25, 0.3) is 22.4 Å². The molecule has 12 nitrogen and oxygen atoms in total. The molecule has 2 atom stereocenters. The van der Waals surface area contributed by atoms with E-state index in [0.717, 1.165) is 47.1 Å². The molecule has 51 heavy (non-hydrogen) atoms. The number of hydrogen-bond donors (Lipinski definition) is 3. The zero-order valence-corrected chi connectivity index (χ0v) is 29.6. The summed E-state index contributed by atoms with van der Waals surface area (Å²) in [7, 11) is 3.16. The maximum absolute atomic E-state index is 11.5. The van der Waals surface area contributed by atoms with Crippen LogP contribution in [0.2, 0.25) is 5.02 Å². The second kappa shape index (κ2) is 14.8. The largest absolute Gasteiger partial charge is 0.481 e. The molecule has 0 spiro atoms. The number of hydrogen-bond acceptors (Lipinski definition) is 10. The quantitative estimate of drug-likeness (QED) is 0.169. The molecule has 0 bridgehead atoms. The number of carboxylic acid groups (broad SMARTS) is 1. The molecule has 2 aliphatic heterocycles. The number of ether oxygens (including phenoxy) is 3. The number of carboxylic acids is 1. The lowest BCUT2D eigenvalue weighted by Crippen LogP contribution is -2.49. The normalized spacial score (nSPS) is 18.6. The standard InChI is InChI=1S/C38H41ClN6O6/c1-21-35(44-37(50-3)31(41-21)20-45-18-23(19-45)38(47)48)51-32-14-12-26-25(6-4-7-27(26)32)28-8-5-9-29(34(28)39)30-13-10-22(36(43-30)49-2)16-40-17-24-11-15-33(46)42-24/h4-10,13,23-24,32,40H,11-12,14-20H2,1-3H3,(H,42,46)(H,47,48)/t24-,32-/m0/s1. The number of aromatic nitrogens is 3. The molecule has 0 radical (unpaired) electrons. The van der Waals surface area contributed by atoms with Gasteiger partial charge in [-0.3, -0.25) is 14.5 Å². The predicted molar refractivity (Wildman–Crippen MR) is 191 cm³/mol. The van der Waals surface area contributed by atoms with Crippen LogP contribution in [-0.4, -0.2) is 76.7 Å². The number of aryl methyl sites for hydroxylation is 1. The Morgan fingerprint density at radius 3 is 2.47 bits per heavy atom. The third kappa shape index (κ3) is 7.21. The summed E-state index contributed by atoms with van der Waals surface area (Å²) in [6, 6.07) is 16.3. The summed E-state index contributed by atoms with van der Waals surface area (Å²) >= 11 is 7.17. The van der Waals surface area contributed by atoms with Gasteiger partial charge in [0.15, 0.2) is 0 Å². The van der Waals surface area contributed by atoms with Crippen LogP contribution in [0.4, 0.5) is 0 Å². The molecule has 0 unspecified atom stereocenters. The van der Waals surface area contributed by atoms with Crippen LogP contribution in [0.5, 0.6) is 17.6 Å². The summed E-state index contributed by atoms with van der Waals surface area (Å²) in [4.78, 5) is 39.0. The maximum atomic E-state index is 11.5. The van der Waals surface area contributed by atoms with E-state index in [9.17, 15) is 14.7 Å². The van der Waals surface area contributed by atoms with Crippen molar-refractivity contribution in [3.8, 4) is 40.0 Å². The molecule has 4 aromatic rings. The highest BCUT2D eigenvalue weighted by molar-refractivity contribution is 6.36. The van der Waals surface area contributed by atoms with E-state index in [4.69, 9.17) is 35.8 Å². The number of carbonyl (C=O) groups is 2. The summed E-state index contributed by atoms with van der Waals surface area (Å²) in [5, 5.41) is 16.2. The number of nitrogens with one attached hydrogen (secondary N) is 2. The van der Waals surface area contributed by atoms with Gasteiger partial charge in [0.1, 0.15) is 11.8 Å². The number of carbonyl (C=O) groups excluding carboxylic acids is 1. The van der Waals surface area contributed by atoms with Crippen molar-refractivity contribution in [2.45, 2.75) is 57.8 Å². The first kappa shape index (κ1) is 34.7. The van der Waals surface area contributed by atoms with Gasteiger partial charge >= 0.3 is 5.97 Å². The topological polar surface area (TPSA) is 148 Å². The summed E-state index contributed by atoms with van der Waals surface area (Å²) in [5.41, 5.74) is 7.94. The SMILES string of the molecule is COc1nc(-c2cccc(-c3cccc4c3CC[C@@H]4Oc3nc(OC)c(CN4CC(C(=O)O)C4)nc3C)c2Cl)ccc1CNC[C@@H]1CCC(=O)N1. The first-order chi connectivity index (χ1) is 24.7. The van der Waals surface area contributed by atoms with Gasteiger partial charge in [-0.05, 0) is 48.9 Å². The third-order valence-corrected chi connectivity index (χ3v) is 10.3. The molecule has 3 N–H and O–H groups in total. The molecule has 4 heterocycles. The summed E-state index contributed by atoms with van der Waals surface area (Å²) in [6.07, 6.45) is 2.75. The van der Waals surface area contributed by atoms with Crippen LogP contribution < -0.4 is 24.8 Å². The molecule has 2 aromatic carbocycles. The van der Waals surface area contributed by atoms with Gasteiger partial charge in [0.05, 0.1) is 36.5 Å². The Kier molecular flexibility index (Phi) is 10.1. The molecule has 266 valence electrons. The molecule has 1 aliphatic carbocycles. The Bertz CT molecular complexity index is 1970. The Labute approximate surface area is 301 Å². The lowest BCUT2D eigenvalue weighted by atomic mass is 9.94. The number of benzene rings is 2. The highest BCUT2D eigenvalue weighted by atomic mass is 35.5. The smallest absolute Gasteiger partial charge is 0.309 e. The summed E-state index contributed by atoms with van der Waals surface area (Å²) < 4.78 is 17.8. The fraction of sp³-hybridized carbons (Fsp3) is 0.395. The van der Waals surface area contributed by atoms with Crippen LogP contribution in [0.15, 0.2) is 48.5 Å². The lowest BCUT2D eigenvalue weighted by Gasteiger charge is -2.36. The van der Waals surface area contributed by atoms with Crippen molar-refractivity contribution >= 4 is 23.5 Å². The molecular weight excluding hydrogens is 672 g/mol. The van der Waals surface area contributed by atoms with E-state index < -0.39 is 5.97 Å². The van der Waals surface area contributed by atoms with Gasteiger partial charge in [0.25, 0.3) is 0 Å². The second-order valence-corrected chi connectivity index (χ2v) is 13.7. The van der Waals surface area contributed by atoms with Crippen LogP contribution in [0.3, 0.4) is 0 Å². The minimum Gasteiger partial charge on any atom is -0.481 e. The number of halogens is 1. The number of aliphatic carboxylic acids is 1. The van der Waals surface area contributed by atoms with Gasteiger partial charge in [0, 0.05) is 61.9 Å². The second-order valence-electron chi connectivity index (χ2n) is 13.3. The molecule has 7 rings (SSSR count). The fourth-order valence-corrected chi connectivity index (χ4v) is 7.51. The van der Waals surface area contributed by atoms with Gasteiger partial charge in [-0.2, -0.15) is 4.98 Å². The van der Waals surface area contributed by atoms with Gasteiger partial charge in [0.2, 0.25) is 23.5 Å². The first-order valence-corrected chi connectivity index (χ1v) is 17.6. The summed E-state index contributed by atoms with van der Waals surface area (Å²) in [5.74, 6) is 0.281. The van der Waals surface area contributed by atoms with Gasteiger partial charge in [-0.25, -0.2) is 9.97 Å². The van der Waals surface area contributed by atoms with Gasteiger partial charge in [-0.1, -0.05) is 54.1 Å². The van der Waals surface area contributed by atoms with E-state index in [1.807, 2.05) is 48.2 Å². The van der Waals surface area contributed by atoms with Crippen molar-refractivity contribution in [1.82, 2.24) is 30.5 Å². The number of rotatable bonds is 13. The van der Waals surface area contributed by atoms with Crippen molar-refractivity contribution in [1.29, 1.82) is 0 Å². The van der Waals surface area contributed by atoms with Crippen LogP contribution >= 0.6 is 11.6 Å². The van der Waals surface area contributed by atoms with Gasteiger partial charge in [-0.15, -0.1) is 0 Å². The fourth-order valence-electron chi connectivity index (χ4n) is 7.19. The highest BCUT2D eigenvalue weighted by Gasteiger charge is 2.34. The zero-order chi connectivity index (χ0) is 35.6. The van der Waals surface area contributed by atoms with Crippen molar-refractivity contribution in [3.05, 3.63) is 81.6 Å². The van der Waals surface area contributed by atoms with E-state index in [1.165, 1.54) is 5.56 Å². The monoisotopic (exact) mass is 712 g/mol. The van der Waals surface area contributed by atoms with Gasteiger partial charge < -0.3 is 30.0 Å². The van der Waals surface area contributed by atoms with Crippen molar-refractivity contribution < 1.29 is 28.9 Å². The lowest BCUT2D eigenvalue weighted by molar-refractivity contribution is -0.147. The number of methoxy groups -OCH3 is 2. The molecule has 2 aromatic heterocycles. The average molecular weight is 713 g/mol. The van der Waals surface area contributed by atoms with E-state index in [-0.39, 0.29) is 24.0 Å². The van der Waals surface area contributed by atoms with E-state index in [0.29, 0.717) is 78.9 Å². The minimum absolute atomic E-state index is 0.101. The highest BCUT2D eigenvalue weighted by Crippen LogP contribution is 2.44. The number of amides is 1. The van der Waals surface area contributed by atoms with E-state index >= 15 is 0 Å². The van der Waals surface area contributed by atoms with E-state index in [2.05, 4.69) is 27.8 Å². The maximum Gasteiger partial charge on any atom is 0.309 e. The third-order valence-electron chi connectivity index (χ3n) is 9.89. The predicted octanol–water partition coefficient (Wildman–Crippen LogP) is 5.14. The number of nitrogens with zero attached hydrogens (tertiary/aromatic N) is 4. The van der Waals surface area contributed by atoms with Crippen molar-refractivity contribution in [2.75, 3.05) is 33.9 Å². The number of likely N-dealkylation sites (tertiary alicyclic amines) is 1. The van der Waals surface area contributed by atoms with E-state index in [1.54, 1.807) is 14.2 Å². The number of pyridine rings is 1. The minimum atomic E-state index is -0.778. The molecule has 3 aliphatic rings. The Hall–Kier alpha value is -4.78. The van der Waals surface area contributed by atoms with Crippen LogP contribution in [-0.2, 0) is 29.1 Å². The molecule has 13 heteroatoms. The zero-order valence-electron chi connectivity index (χ0n) is 28.9. The van der Waals surface area contributed by atoms with Crippen LogP contribution in [0.1, 0.15) is 53.4 Å². The molecule has 1 amide bonds. The molecule has 0 saturated carbocycles. The molecule has 2 fully saturated rings. The Morgan fingerprint density at radius 2 is 1.73 bits per heavy atom. The van der Waals surface area contributed by atoms with Crippen LogP contribution in [0, 0.1) is 12.8 Å². The molecule has 2 saturated heterocycles. The average Bonchev–Trinajstić information content (AvgIpc) is 3.72. The summed E-state index contributed by atoms with van der Waals surface area (Å²) in [6.45, 7) is 4.52. The van der Waals surface area contributed by atoms with Crippen molar-refractivity contribution in [3.63, 3.8) is 0 Å². The Morgan fingerprint density at radius 1 is 0.961 bits per heavy atom.